The van der Waals surface area contributed by atoms with Gasteiger partial charge in [-0.25, -0.2) is 9.18 Å². The molecule has 0 radical (unpaired) electrons. The van der Waals surface area contributed by atoms with E-state index in [1.807, 2.05) is 0 Å². The summed E-state index contributed by atoms with van der Waals surface area (Å²) in [4.78, 5) is 10.3. The van der Waals surface area contributed by atoms with Gasteiger partial charge in [0, 0.05) is 0 Å². The van der Waals surface area contributed by atoms with E-state index in [1.54, 1.807) is 0 Å². The van der Waals surface area contributed by atoms with Crippen molar-refractivity contribution >= 4 is 21.9 Å². The Morgan fingerprint density at radius 2 is 2.29 bits per heavy atom. The molecule has 3 nitrogen and oxygen atoms in total. The molecule has 1 atom stereocenters. The molecule has 76 valence electrons. The fraction of sp³-hybridized carbons (Fsp3) is 0.222. The highest BCUT2D eigenvalue weighted by atomic mass is 79.9. The number of methoxy groups -OCH3 is 1. The van der Waals surface area contributed by atoms with Crippen molar-refractivity contribution in [2.45, 2.75) is 6.17 Å². The van der Waals surface area contributed by atoms with E-state index < -0.39 is 12.1 Å². The first-order valence-corrected chi connectivity index (χ1v) is 4.56. The summed E-state index contributed by atoms with van der Waals surface area (Å²) in [6.45, 7) is 0. The van der Waals surface area contributed by atoms with Crippen molar-refractivity contribution in [1.29, 1.82) is 0 Å². The molecule has 0 aliphatic carbocycles. The quantitative estimate of drug-likeness (QED) is 0.911. The monoisotopic (exact) mass is 262 g/mol. The van der Waals surface area contributed by atoms with E-state index in [9.17, 15) is 9.18 Å². The van der Waals surface area contributed by atoms with Crippen molar-refractivity contribution in [1.82, 2.24) is 0 Å². The van der Waals surface area contributed by atoms with Crippen LogP contribution >= 0.6 is 15.9 Å². The van der Waals surface area contributed by atoms with Gasteiger partial charge in [0.1, 0.15) is 5.75 Å². The van der Waals surface area contributed by atoms with Gasteiger partial charge in [-0.2, -0.15) is 0 Å². The van der Waals surface area contributed by atoms with Crippen LogP contribution in [0.15, 0.2) is 22.7 Å². The van der Waals surface area contributed by atoms with Gasteiger partial charge in [-0.3, -0.25) is 0 Å². The highest BCUT2D eigenvalue weighted by Crippen LogP contribution is 2.29. The summed E-state index contributed by atoms with van der Waals surface area (Å²) in [6, 6.07) is 4.27. The minimum Gasteiger partial charge on any atom is -0.496 e. The number of ether oxygens (including phenoxy) is 1. The maximum absolute atomic E-state index is 13.0. The van der Waals surface area contributed by atoms with Crippen LogP contribution in [0.1, 0.15) is 11.7 Å². The number of carboxylic acid groups (broad SMARTS) is 1. The molecule has 1 rings (SSSR count). The molecule has 1 unspecified atom stereocenters. The fourth-order valence-electron chi connectivity index (χ4n) is 0.983. The van der Waals surface area contributed by atoms with Gasteiger partial charge in [0.15, 0.2) is 0 Å². The maximum Gasteiger partial charge on any atom is 0.343 e. The van der Waals surface area contributed by atoms with Crippen LogP contribution < -0.4 is 4.74 Å². The maximum atomic E-state index is 13.0. The van der Waals surface area contributed by atoms with E-state index in [0.29, 0.717) is 10.2 Å². The number of halogens is 2. The van der Waals surface area contributed by atoms with E-state index in [4.69, 9.17) is 9.84 Å². The van der Waals surface area contributed by atoms with Crippen LogP contribution in [0.5, 0.6) is 5.75 Å². The Bertz CT molecular complexity index is 354. The molecule has 0 saturated carbocycles. The summed E-state index contributed by atoms with van der Waals surface area (Å²) in [5.74, 6) is -0.964. The number of aliphatic carboxylic acids is 1. The van der Waals surface area contributed by atoms with Gasteiger partial charge in [-0.05, 0) is 33.6 Å². The molecule has 0 bridgehead atoms. The van der Waals surface area contributed by atoms with E-state index in [2.05, 4.69) is 15.9 Å². The largest absolute Gasteiger partial charge is 0.496 e. The van der Waals surface area contributed by atoms with Crippen molar-refractivity contribution in [2.24, 2.45) is 0 Å². The van der Waals surface area contributed by atoms with Crippen LogP contribution in [0.3, 0.4) is 0 Å². The lowest BCUT2D eigenvalue weighted by Gasteiger charge is -2.07. The summed E-state index contributed by atoms with van der Waals surface area (Å²) < 4.78 is 18.5. The van der Waals surface area contributed by atoms with E-state index >= 15 is 0 Å². The van der Waals surface area contributed by atoms with Crippen LogP contribution in [-0.2, 0) is 4.79 Å². The fourth-order valence-corrected chi connectivity index (χ4v) is 1.54. The van der Waals surface area contributed by atoms with Crippen molar-refractivity contribution < 1.29 is 19.0 Å². The molecule has 14 heavy (non-hydrogen) atoms. The van der Waals surface area contributed by atoms with Gasteiger partial charge in [-0.1, -0.05) is 6.07 Å². The van der Waals surface area contributed by atoms with Gasteiger partial charge < -0.3 is 9.84 Å². The Kier molecular flexibility index (Phi) is 3.46. The van der Waals surface area contributed by atoms with Crippen LogP contribution in [-0.4, -0.2) is 18.2 Å². The Morgan fingerprint density at radius 3 is 2.71 bits per heavy atom. The van der Waals surface area contributed by atoms with Gasteiger partial charge in [-0.15, -0.1) is 0 Å². The number of rotatable bonds is 3. The SMILES string of the molecule is COc1ccc(C(F)C(=O)O)cc1Br. The average molecular weight is 263 g/mol. The standard InChI is InChI=1S/C9H8BrFO3/c1-14-7-3-2-5(4-6(7)10)8(11)9(12)13/h2-4,8H,1H3,(H,12,13). The topological polar surface area (TPSA) is 46.5 Å². The molecule has 0 aliphatic rings. The first kappa shape index (κ1) is 11.0. The van der Waals surface area contributed by atoms with Crippen LogP contribution in [0.2, 0.25) is 0 Å². The van der Waals surface area contributed by atoms with Gasteiger partial charge in [0.2, 0.25) is 6.17 Å². The molecule has 0 heterocycles. The second kappa shape index (κ2) is 4.41. The molecular weight excluding hydrogens is 255 g/mol. The number of hydrogen-bond donors (Lipinski definition) is 1. The van der Waals surface area contributed by atoms with Crippen molar-refractivity contribution in [3.05, 3.63) is 28.2 Å². The molecule has 0 spiro atoms. The van der Waals surface area contributed by atoms with E-state index in [-0.39, 0.29) is 5.56 Å². The summed E-state index contributed by atoms with van der Waals surface area (Å²) >= 11 is 3.14. The zero-order chi connectivity index (χ0) is 10.7. The predicted molar refractivity (Wildman–Crippen MR) is 52.2 cm³/mol. The molecule has 1 aromatic rings. The third-order valence-corrected chi connectivity index (χ3v) is 2.31. The number of carbonyl (C=O) groups is 1. The van der Waals surface area contributed by atoms with Gasteiger partial charge >= 0.3 is 5.97 Å². The minimum atomic E-state index is -2.00. The number of alkyl halides is 1. The highest BCUT2D eigenvalue weighted by Gasteiger charge is 2.19. The molecule has 0 amide bonds. The Labute approximate surface area is 88.6 Å². The van der Waals surface area contributed by atoms with Gasteiger partial charge in [0.05, 0.1) is 11.6 Å². The van der Waals surface area contributed by atoms with Crippen molar-refractivity contribution in [2.75, 3.05) is 7.11 Å². The molecule has 1 aromatic carbocycles. The highest BCUT2D eigenvalue weighted by molar-refractivity contribution is 9.10. The van der Waals surface area contributed by atoms with E-state index in [0.717, 1.165) is 0 Å². The van der Waals surface area contributed by atoms with Crippen LogP contribution in [0, 0.1) is 0 Å². The van der Waals surface area contributed by atoms with Crippen molar-refractivity contribution in [3.63, 3.8) is 0 Å². The normalized spacial score (nSPS) is 12.2. The molecule has 1 N–H and O–H groups in total. The van der Waals surface area contributed by atoms with Crippen molar-refractivity contribution in [3.8, 4) is 5.75 Å². The third-order valence-electron chi connectivity index (χ3n) is 1.69. The lowest BCUT2D eigenvalue weighted by atomic mass is 10.1. The Balaban J connectivity index is 3.02. The Morgan fingerprint density at radius 1 is 1.64 bits per heavy atom. The number of hydrogen-bond acceptors (Lipinski definition) is 2. The number of carboxylic acids is 1. The van der Waals surface area contributed by atoms with Crippen LogP contribution in [0.4, 0.5) is 4.39 Å². The molecule has 0 saturated heterocycles. The zero-order valence-corrected chi connectivity index (χ0v) is 8.92. The smallest absolute Gasteiger partial charge is 0.343 e. The second-order valence-corrected chi connectivity index (χ2v) is 3.45. The van der Waals surface area contributed by atoms with Crippen LogP contribution in [0.25, 0.3) is 0 Å². The summed E-state index contributed by atoms with van der Waals surface area (Å²) in [5, 5.41) is 8.43. The average Bonchev–Trinajstić information content (AvgIpc) is 2.16. The summed E-state index contributed by atoms with van der Waals surface area (Å²) in [5.41, 5.74) is 0.0881. The molecular formula is C9H8BrFO3. The third kappa shape index (κ3) is 2.23. The number of benzene rings is 1. The summed E-state index contributed by atoms with van der Waals surface area (Å²) in [7, 11) is 1.48. The molecule has 0 fully saturated rings. The van der Waals surface area contributed by atoms with Gasteiger partial charge in [0.25, 0.3) is 0 Å². The lowest BCUT2D eigenvalue weighted by Crippen LogP contribution is -2.05. The second-order valence-electron chi connectivity index (χ2n) is 2.59. The predicted octanol–water partition coefficient (Wildman–Crippen LogP) is 2.55. The minimum absolute atomic E-state index is 0.0881. The Hall–Kier alpha value is -1.10. The zero-order valence-electron chi connectivity index (χ0n) is 7.33. The summed E-state index contributed by atoms with van der Waals surface area (Å²) in [6.07, 6.45) is -2.00. The van der Waals surface area contributed by atoms with E-state index in [1.165, 1.54) is 25.3 Å². The molecule has 0 aliphatic heterocycles. The molecule has 5 heteroatoms. The first-order valence-electron chi connectivity index (χ1n) is 3.76. The first-order chi connectivity index (χ1) is 6.56. The lowest BCUT2D eigenvalue weighted by molar-refractivity contribution is -0.143. The molecule has 0 aromatic heterocycles.